The SMILES string of the molecule is CCN(CCO)CCCCOc1ccc2c(-c3ccc(NCc4ccccc4)cc3)nsc2c1. The van der Waals surface area contributed by atoms with Gasteiger partial charge in [0.05, 0.1) is 23.6 Å². The topological polar surface area (TPSA) is 57.6 Å². The van der Waals surface area contributed by atoms with Crippen LogP contribution in [0.25, 0.3) is 21.3 Å². The molecule has 0 unspecified atom stereocenters. The highest BCUT2D eigenvalue weighted by atomic mass is 32.1. The number of aromatic nitrogens is 1. The molecule has 34 heavy (non-hydrogen) atoms. The van der Waals surface area contributed by atoms with Crippen LogP contribution in [0.5, 0.6) is 5.75 Å². The molecular weight excluding hydrogens is 442 g/mol. The minimum atomic E-state index is 0.219. The van der Waals surface area contributed by atoms with Gasteiger partial charge in [-0.3, -0.25) is 0 Å². The number of nitrogens with one attached hydrogen (secondary N) is 1. The number of fused-ring (bicyclic) bond motifs is 1. The smallest absolute Gasteiger partial charge is 0.120 e. The molecule has 178 valence electrons. The molecule has 0 bridgehead atoms. The van der Waals surface area contributed by atoms with Crippen molar-refractivity contribution in [3.63, 3.8) is 0 Å². The Morgan fingerprint density at radius 2 is 1.79 bits per heavy atom. The third-order valence-electron chi connectivity index (χ3n) is 5.94. The molecule has 4 aromatic rings. The second kappa shape index (κ2) is 12.5. The predicted octanol–water partition coefficient (Wildman–Crippen LogP) is 6.05. The summed E-state index contributed by atoms with van der Waals surface area (Å²) in [6.07, 6.45) is 2.07. The summed E-state index contributed by atoms with van der Waals surface area (Å²) in [5, 5.41) is 13.7. The number of hydrogen-bond acceptors (Lipinski definition) is 6. The number of ether oxygens (including phenoxy) is 1. The lowest BCUT2D eigenvalue weighted by molar-refractivity contribution is 0.195. The van der Waals surface area contributed by atoms with Crippen molar-refractivity contribution in [2.45, 2.75) is 26.3 Å². The van der Waals surface area contributed by atoms with Gasteiger partial charge in [0.15, 0.2) is 0 Å². The Kier molecular flexibility index (Phi) is 8.90. The molecular formula is C28H33N3O2S. The van der Waals surface area contributed by atoms with E-state index in [4.69, 9.17) is 14.2 Å². The quantitative estimate of drug-likeness (QED) is 0.231. The van der Waals surface area contributed by atoms with Crippen LogP contribution in [0, 0.1) is 0 Å². The predicted molar refractivity (Wildman–Crippen MR) is 143 cm³/mol. The monoisotopic (exact) mass is 475 g/mol. The van der Waals surface area contributed by atoms with Gasteiger partial charge in [0.25, 0.3) is 0 Å². The lowest BCUT2D eigenvalue weighted by Gasteiger charge is -2.18. The first-order valence-corrected chi connectivity index (χ1v) is 12.8. The second-order valence-corrected chi connectivity index (χ2v) is 9.12. The summed E-state index contributed by atoms with van der Waals surface area (Å²) in [4.78, 5) is 2.26. The minimum absolute atomic E-state index is 0.219. The molecule has 0 aliphatic heterocycles. The normalized spacial score (nSPS) is 11.3. The Hall–Kier alpha value is -2.93. The fourth-order valence-electron chi connectivity index (χ4n) is 3.96. The first-order chi connectivity index (χ1) is 16.8. The third-order valence-corrected chi connectivity index (χ3v) is 6.75. The summed E-state index contributed by atoms with van der Waals surface area (Å²) in [5.41, 5.74) is 4.50. The maximum atomic E-state index is 9.08. The summed E-state index contributed by atoms with van der Waals surface area (Å²) in [6.45, 7) is 6.57. The maximum absolute atomic E-state index is 9.08. The molecule has 0 saturated heterocycles. The molecule has 0 atom stereocenters. The van der Waals surface area contributed by atoms with E-state index in [0.29, 0.717) is 6.61 Å². The van der Waals surface area contributed by atoms with Gasteiger partial charge in [0, 0.05) is 29.7 Å². The van der Waals surface area contributed by atoms with Crippen molar-refractivity contribution >= 4 is 27.3 Å². The number of rotatable bonds is 13. The van der Waals surface area contributed by atoms with E-state index in [1.807, 2.05) is 12.1 Å². The van der Waals surface area contributed by atoms with Crippen LogP contribution in [0.3, 0.4) is 0 Å². The van der Waals surface area contributed by atoms with Gasteiger partial charge >= 0.3 is 0 Å². The van der Waals surface area contributed by atoms with Crippen molar-refractivity contribution in [3.05, 3.63) is 78.4 Å². The molecule has 0 fully saturated rings. The van der Waals surface area contributed by atoms with Gasteiger partial charge < -0.3 is 20.1 Å². The average molecular weight is 476 g/mol. The highest BCUT2D eigenvalue weighted by molar-refractivity contribution is 7.13. The van der Waals surface area contributed by atoms with Gasteiger partial charge in [-0.25, -0.2) is 0 Å². The van der Waals surface area contributed by atoms with E-state index in [1.165, 1.54) is 17.1 Å². The Morgan fingerprint density at radius 3 is 2.56 bits per heavy atom. The number of hydrogen-bond donors (Lipinski definition) is 2. The van der Waals surface area contributed by atoms with Gasteiger partial charge in [-0.05, 0) is 73.4 Å². The van der Waals surface area contributed by atoms with Crippen LogP contribution in [0.2, 0.25) is 0 Å². The molecule has 5 nitrogen and oxygen atoms in total. The molecule has 6 heteroatoms. The second-order valence-electron chi connectivity index (χ2n) is 8.32. The molecule has 0 aliphatic carbocycles. The van der Waals surface area contributed by atoms with E-state index in [-0.39, 0.29) is 6.61 Å². The number of aliphatic hydroxyl groups is 1. The van der Waals surface area contributed by atoms with E-state index in [0.717, 1.165) is 71.8 Å². The van der Waals surface area contributed by atoms with Crippen molar-refractivity contribution in [2.24, 2.45) is 0 Å². The van der Waals surface area contributed by atoms with Gasteiger partial charge in [-0.1, -0.05) is 49.4 Å². The summed E-state index contributed by atoms with van der Waals surface area (Å²) >= 11 is 1.51. The van der Waals surface area contributed by atoms with Crippen molar-refractivity contribution in [1.82, 2.24) is 9.27 Å². The molecule has 1 heterocycles. The Balaban J connectivity index is 1.31. The molecule has 1 aromatic heterocycles. The first-order valence-electron chi connectivity index (χ1n) is 12.0. The van der Waals surface area contributed by atoms with Gasteiger partial charge in [0.1, 0.15) is 5.75 Å². The lowest BCUT2D eigenvalue weighted by atomic mass is 10.1. The molecule has 3 aromatic carbocycles. The van der Waals surface area contributed by atoms with Crippen molar-refractivity contribution in [2.75, 3.05) is 38.2 Å². The fourth-order valence-corrected chi connectivity index (χ4v) is 4.78. The van der Waals surface area contributed by atoms with Crippen LogP contribution in [0.4, 0.5) is 5.69 Å². The van der Waals surface area contributed by atoms with Crippen LogP contribution in [0.15, 0.2) is 72.8 Å². The Labute approximate surface area is 206 Å². The van der Waals surface area contributed by atoms with Crippen LogP contribution in [0.1, 0.15) is 25.3 Å². The van der Waals surface area contributed by atoms with E-state index >= 15 is 0 Å². The zero-order valence-corrected chi connectivity index (χ0v) is 20.6. The molecule has 0 saturated carbocycles. The zero-order valence-electron chi connectivity index (χ0n) is 19.7. The number of nitrogens with zero attached hydrogens (tertiary/aromatic N) is 2. The molecule has 0 spiro atoms. The standard InChI is InChI=1S/C28H33N3O2S/c1-2-31(17-18-32)16-6-7-19-33-25-14-15-26-27(20-25)34-30-28(26)23-10-12-24(13-11-23)29-21-22-8-4-3-5-9-22/h3-5,8-15,20,29,32H,2,6-7,16-19,21H2,1H3. The number of unbranched alkanes of at least 4 members (excludes halogenated alkanes) is 1. The minimum Gasteiger partial charge on any atom is -0.494 e. The lowest BCUT2D eigenvalue weighted by Crippen LogP contribution is -2.27. The molecule has 0 radical (unpaired) electrons. The van der Waals surface area contributed by atoms with E-state index in [2.05, 4.69) is 77.8 Å². The Morgan fingerprint density at radius 1 is 0.971 bits per heavy atom. The van der Waals surface area contributed by atoms with E-state index < -0.39 is 0 Å². The molecule has 0 aliphatic rings. The maximum Gasteiger partial charge on any atom is 0.120 e. The average Bonchev–Trinajstić information content (AvgIpc) is 3.31. The molecule has 4 rings (SSSR count). The van der Waals surface area contributed by atoms with E-state index in [9.17, 15) is 0 Å². The van der Waals surface area contributed by atoms with Crippen molar-refractivity contribution < 1.29 is 9.84 Å². The highest BCUT2D eigenvalue weighted by Gasteiger charge is 2.10. The first kappa shape index (κ1) is 24.2. The van der Waals surface area contributed by atoms with Crippen LogP contribution in [-0.4, -0.2) is 47.2 Å². The zero-order chi connectivity index (χ0) is 23.6. The van der Waals surface area contributed by atoms with Gasteiger partial charge in [0.2, 0.25) is 0 Å². The number of likely N-dealkylation sites (N-methyl/N-ethyl adjacent to an activating group) is 1. The Bertz CT molecular complexity index is 1150. The van der Waals surface area contributed by atoms with E-state index in [1.54, 1.807) is 0 Å². The number of benzene rings is 3. The largest absolute Gasteiger partial charge is 0.494 e. The molecule has 2 N–H and O–H groups in total. The summed E-state index contributed by atoms with van der Waals surface area (Å²) in [5.74, 6) is 0.894. The highest BCUT2D eigenvalue weighted by Crippen LogP contribution is 2.33. The summed E-state index contributed by atoms with van der Waals surface area (Å²) in [7, 11) is 0. The summed E-state index contributed by atoms with van der Waals surface area (Å²) in [6, 6.07) is 25.1. The number of aliphatic hydroxyl groups excluding tert-OH is 1. The van der Waals surface area contributed by atoms with Gasteiger partial charge in [-0.2, -0.15) is 4.37 Å². The van der Waals surface area contributed by atoms with Crippen LogP contribution >= 0.6 is 11.5 Å². The van der Waals surface area contributed by atoms with Crippen molar-refractivity contribution in [3.8, 4) is 17.0 Å². The third kappa shape index (κ3) is 6.56. The van der Waals surface area contributed by atoms with Gasteiger partial charge in [-0.15, -0.1) is 0 Å². The number of anilines is 1. The summed E-state index contributed by atoms with van der Waals surface area (Å²) < 4.78 is 11.8. The fraction of sp³-hybridized carbons (Fsp3) is 0.321. The molecule has 0 amide bonds. The van der Waals surface area contributed by atoms with Crippen LogP contribution < -0.4 is 10.1 Å². The van der Waals surface area contributed by atoms with Crippen LogP contribution in [-0.2, 0) is 6.54 Å². The van der Waals surface area contributed by atoms with Crippen molar-refractivity contribution in [1.29, 1.82) is 0 Å².